The Morgan fingerprint density at radius 1 is 1.48 bits per heavy atom. The Balaban J connectivity index is 2.33. The van der Waals surface area contributed by atoms with Gasteiger partial charge < -0.3 is 10.1 Å². The maximum absolute atomic E-state index is 12.2. The normalized spacial score (nSPS) is 18.1. The van der Waals surface area contributed by atoms with Crippen molar-refractivity contribution in [2.45, 2.75) is 18.5 Å². The lowest BCUT2D eigenvalue weighted by atomic mass is 9.96. The Kier molecular flexibility index (Phi) is 4.13. The van der Waals surface area contributed by atoms with Gasteiger partial charge in [0.15, 0.2) is 5.75 Å². The highest BCUT2D eigenvalue weighted by atomic mass is 32.2. The zero-order valence-electron chi connectivity index (χ0n) is 10.9. The predicted molar refractivity (Wildman–Crippen MR) is 66.3 cm³/mol. The molecule has 0 radical (unpaired) electrons. The Bertz CT molecular complexity index is 629. The van der Waals surface area contributed by atoms with E-state index in [1.807, 2.05) is 0 Å². The molecule has 2 N–H and O–H groups in total. The highest BCUT2D eigenvalue weighted by molar-refractivity contribution is 7.86. The van der Waals surface area contributed by atoms with Crippen LogP contribution in [0.3, 0.4) is 0 Å². The number of pyridine rings is 1. The molecule has 0 saturated carbocycles. The van der Waals surface area contributed by atoms with Crippen LogP contribution in [0.5, 0.6) is 5.75 Å². The van der Waals surface area contributed by atoms with Crippen molar-refractivity contribution < 1.29 is 30.9 Å². The first-order chi connectivity index (χ1) is 9.58. The van der Waals surface area contributed by atoms with E-state index in [1.54, 1.807) is 0 Å². The first kappa shape index (κ1) is 16.0. The van der Waals surface area contributed by atoms with E-state index in [9.17, 15) is 26.1 Å². The molecule has 1 atom stereocenters. The van der Waals surface area contributed by atoms with Crippen LogP contribution in [0.15, 0.2) is 12.3 Å². The van der Waals surface area contributed by atoms with Gasteiger partial charge in [0.1, 0.15) is 5.25 Å². The third-order valence-corrected chi connectivity index (χ3v) is 4.43. The number of rotatable bonds is 4. The van der Waals surface area contributed by atoms with E-state index >= 15 is 0 Å². The number of aromatic nitrogens is 1. The van der Waals surface area contributed by atoms with E-state index in [-0.39, 0.29) is 17.2 Å². The smallest absolute Gasteiger partial charge is 0.404 e. The molecule has 118 valence electrons. The minimum Gasteiger partial charge on any atom is -0.404 e. The lowest BCUT2D eigenvalue weighted by Crippen LogP contribution is -2.47. The van der Waals surface area contributed by atoms with Crippen molar-refractivity contribution in [2.24, 2.45) is 5.92 Å². The summed E-state index contributed by atoms with van der Waals surface area (Å²) in [6.07, 6.45) is -4.04. The third-order valence-electron chi connectivity index (χ3n) is 3.16. The second-order valence-corrected chi connectivity index (χ2v) is 6.31. The summed E-state index contributed by atoms with van der Waals surface area (Å²) >= 11 is 0. The highest BCUT2D eigenvalue weighted by Crippen LogP contribution is 2.33. The highest BCUT2D eigenvalue weighted by Gasteiger charge is 2.39. The molecule has 6 nitrogen and oxygen atoms in total. The number of nitrogens with one attached hydrogen (secondary N) is 1. The Morgan fingerprint density at radius 3 is 2.48 bits per heavy atom. The van der Waals surface area contributed by atoms with Crippen LogP contribution >= 0.6 is 0 Å². The minimum atomic E-state index is -4.85. The van der Waals surface area contributed by atoms with Crippen LogP contribution in [0.4, 0.5) is 13.2 Å². The fraction of sp³-hybridized carbons (Fsp3) is 0.545. The summed E-state index contributed by atoms with van der Waals surface area (Å²) in [5, 5.41) is 1.60. The molecule has 1 unspecified atom stereocenters. The molecular weight excluding hydrogens is 313 g/mol. The zero-order valence-corrected chi connectivity index (χ0v) is 11.7. The topological polar surface area (TPSA) is 88.5 Å². The molecule has 0 aromatic carbocycles. The number of hydrogen-bond acceptors (Lipinski definition) is 5. The fourth-order valence-corrected chi connectivity index (χ4v) is 3.23. The molecule has 2 heterocycles. The number of hydrogen-bond donors (Lipinski definition) is 2. The molecular formula is C11H13F3N2O4S. The monoisotopic (exact) mass is 326 g/mol. The molecule has 2 rings (SSSR count). The number of alkyl halides is 3. The largest absolute Gasteiger partial charge is 0.573 e. The molecule has 1 aliphatic rings. The Morgan fingerprint density at radius 2 is 2.10 bits per heavy atom. The number of halogens is 3. The number of ether oxygens (including phenoxy) is 1. The lowest BCUT2D eigenvalue weighted by molar-refractivity contribution is -0.275. The van der Waals surface area contributed by atoms with Crippen molar-refractivity contribution in [2.75, 3.05) is 13.1 Å². The van der Waals surface area contributed by atoms with Gasteiger partial charge in [0.05, 0.1) is 11.9 Å². The van der Waals surface area contributed by atoms with Gasteiger partial charge in [-0.15, -0.1) is 13.2 Å². The molecule has 0 spiro atoms. The third kappa shape index (κ3) is 3.83. The molecule has 1 saturated heterocycles. The van der Waals surface area contributed by atoms with Crippen molar-refractivity contribution in [3.63, 3.8) is 0 Å². The van der Waals surface area contributed by atoms with Crippen LogP contribution < -0.4 is 10.1 Å². The first-order valence-corrected chi connectivity index (χ1v) is 7.47. The average molecular weight is 326 g/mol. The predicted octanol–water partition coefficient (Wildman–Crippen LogP) is 1.44. The Labute approximate surface area is 119 Å². The lowest BCUT2D eigenvalue weighted by Gasteiger charge is -2.32. The molecule has 1 aromatic rings. The van der Waals surface area contributed by atoms with Crippen molar-refractivity contribution in [3.8, 4) is 5.75 Å². The molecule has 1 fully saturated rings. The molecule has 0 bridgehead atoms. The summed E-state index contributed by atoms with van der Waals surface area (Å²) in [5.41, 5.74) is 0.0780. The van der Waals surface area contributed by atoms with Crippen molar-refractivity contribution in [1.29, 1.82) is 0 Å². The van der Waals surface area contributed by atoms with Crippen LogP contribution in [-0.4, -0.2) is 37.4 Å². The SMILES string of the molecule is Cc1cc(C(C2CNC2)S(=O)(=O)O)ncc1OC(F)(F)F. The van der Waals surface area contributed by atoms with Gasteiger partial charge in [-0.2, -0.15) is 8.42 Å². The van der Waals surface area contributed by atoms with Crippen LogP contribution in [-0.2, 0) is 10.1 Å². The summed E-state index contributed by atoms with van der Waals surface area (Å²) in [7, 11) is -4.41. The van der Waals surface area contributed by atoms with Gasteiger partial charge >= 0.3 is 6.36 Å². The molecule has 21 heavy (non-hydrogen) atoms. The Hall–Kier alpha value is -1.39. The summed E-state index contributed by atoms with van der Waals surface area (Å²) < 4.78 is 72.5. The number of aryl methyl sites for hydroxylation is 1. The van der Waals surface area contributed by atoms with Crippen molar-refractivity contribution in [3.05, 3.63) is 23.5 Å². The summed E-state index contributed by atoms with van der Waals surface area (Å²) in [6, 6.07) is 1.18. The van der Waals surface area contributed by atoms with E-state index in [4.69, 9.17) is 0 Å². The van der Waals surface area contributed by atoms with E-state index < -0.39 is 27.5 Å². The van der Waals surface area contributed by atoms with Gasteiger partial charge in [0.25, 0.3) is 10.1 Å². The standard InChI is InChI=1S/C11H13F3N2O4S/c1-6-2-8(16-5-9(6)20-11(12,13)14)10(21(17,18)19)7-3-15-4-7/h2,5,7,10,15H,3-4H2,1H3,(H,17,18,19). The zero-order chi connectivity index (χ0) is 15.8. The first-order valence-electron chi connectivity index (χ1n) is 5.97. The van der Waals surface area contributed by atoms with Crippen LogP contribution in [0, 0.1) is 12.8 Å². The van der Waals surface area contributed by atoms with Crippen LogP contribution in [0.1, 0.15) is 16.5 Å². The fourth-order valence-electron chi connectivity index (χ4n) is 2.11. The minimum absolute atomic E-state index is 0.00368. The molecule has 1 aromatic heterocycles. The quantitative estimate of drug-likeness (QED) is 0.814. The molecule has 10 heteroatoms. The summed E-state index contributed by atoms with van der Waals surface area (Å²) in [6.45, 7) is 2.10. The van der Waals surface area contributed by atoms with E-state index in [0.29, 0.717) is 13.1 Å². The molecule has 0 aliphatic carbocycles. The van der Waals surface area contributed by atoms with Gasteiger partial charge in [0.2, 0.25) is 0 Å². The van der Waals surface area contributed by atoms with Gasteiger partial charge in [-0.1, -0.05) is 0 Å². The van der Waals surface area contributed by atoms with E-state index in [1.165, 1.54) is 13.0 Å². The van der Waals surface area contributed by atoms with Crippen molar-refractivity contribution in [1.82, 2.24) is 10.3 Å². The van der Waals surface area contributed by atoms with Gasteiger partial charge in [0, 0.05) is 19.0 Å². The summed E-state index contributed by atoms with van der Waals surface area (Å²) in [4.78, 5) is 3.70. The number of nitrogens with zero attached hydrogens (tertiary/aromatic N) is 1. The van der Waals surface area contributed by atoms with Gasteiger partial charge in [-0.3, -0.25) is 9.54 Å². The maximum Gasteiger partial charge on any atom is 0.573 e. The second-order valence-electron chi connectivity index (χ2n) is 4.78. The van der Waals surface area contributed by atoms with Crippen molar-refractivity contribution >= 4 is 10.1 Å². The average Bonchev–Trinajstić information content (AvgIpc) is 2.23. The van der Waals surface area contributed by atoms with E-state index in [2.05, 4.69) is 15.0 Å². The van der Waals surface area contributed by atoms with E-state index in [0.717, 1.165) is 6.20 Å². The van der Waals surface area contributed by atoms with Gasteiger partial charge in [-0.05, 0) is 18.6 Å². The van der Waals surface area contributed by atoms with Crippen LogP contribution in [0.25, 0.3) is 0 Å². The second kappa shape index (κ2) is 5.43. The molecule has 0 amide bonds. The maximum atomic E-state index is 12.2. The molecule has 1 aliphatic heterocycles. The van der Waals surface area contributed by atoms with Crippen LogP contribution in [0.2, 0.25) is 0 Å². The summed E-state index contributed by atoms with van der Waals surface area (Å²) in [5.74, 6) is -0.881. The van der Waals surface area contributed by atoms with Gasteiger partial charge in [-0.25, -0.2) is 0 Å².